The third-order valence-electron chi connectivity index (χ3n) is 4.43. The Balaban J connectivity index is 1.76. The molecule has 144 valence electrons. The molecule has 0 spiro atoms. The Morgan fingerprint density at radius 2 is 1.68 bits per heavy atom. The monoisotopic (exact) mass is 379 g/mol. The number of hydrogen-bond donors (Lipinski definition) is 1. The average molecular weight is 379 g/mol. The van der Waals surface area contributed by atoms with E-state index in [2.05, 4.69) is 10.4 Å². The Bertz CT molecular complexity index is 1130. The van der Waals surface area contributed by atoms with Crippen molar-refractivity contribution in [1.82, 2.24) is 9.78 Å². The number of carbonyl (C=O) groups is 2. The minimum absolute atomic E-state index is 0.00630. The van der Waals surface area contributed by atoms with Crippen LogP contribution in [-0.4, -0.2) is 28.3 Å². The molecule has 0 unspecified atom stereocenters. The second kappa shape index (κ2) is 7.64. The fourth-order valence-electron chi connectivity index (χ4n) is 3.20. The minimum Gasteiger partial charge on any atom is -0.451 e. The normalized spacial score (nSPS) is 10.7. The highest BCUT2D eigenvalue weighted by Crippen LogP contribution is 2.22. The van der Waals surface area contributed by atoms with Crippen LogP contribution >= 0.6 is 0 Å². The molecule has 3 rings (SSSR count). The number of benzene rings is 2. The molecule has 1 amide bonds. The summed E-state index contributed by atoms with van der Waals surface area (Å²) in [6.07, 6.45) is 0. The quantitative estimate of drug-likeness (QED) is 0.704. The van der Waals surface area contributed by atoms with Crippen LogP contribution in [0.3, 0.4) is 0 Å². The van der Waals surface area contributed by atoms with E-state index in [1.807, 2.05) is 32.9 Å². The number of aromatic nitrogens is 2. The molecule has 0 aliphatic carbocycles. The van der Waals surface area contributed by atoms with Crippen molar-refractivity contribution in [1.29, 1.82) is 0 Å². The number of aryl methyl sites for hydroxylation is 4. The van der Waals surface area contributed by atoms with Gasteiger partial charge in [0.2, 0.25) is 0 Å². The lowest BCUT2D eigenvalue weighted by atomic mass is 10.1. The van der Waals surface area contributed by atoms with E-state index in [4.69, 9.17) is 4.74 Å². The summed E-state index contributed by atoms with van der Waals surface area (Å²) in [6.45, 7) is 5.34. The van der Waals surface area contributed by atoms with Crippen LogP contribution in [0.2, 0.25) is 0 Å². The number of esters is 1. The molecule has 0 saturated heterocycles. The van der Waals surface area contributed by atoms with Crippen LogP contribution in [0.5, 0.6) is 0 Å². The van der Waals surface area contributed by atoms with Gasteiger partial charge in [-0.2, -0.15) is 5.10 Å². The van der Waals surface area contributed by atoms with E-state index < -0.39 is 18.5 Å². The van der Waals surface area contributed by atoms with Crippen LogP contribution in [0, 0.1) is 20.8 Å². The molecular weight excluding hydrogens is 358 g/mol. The Morgan fingerprint density at radius 1 is 1.07 bits per heavy atom. The average Bonchev–Trinajstić information content (AvgIpc) is 2.65. The molecule has 1 aromatic heterocycles. The maximum absolute atomic E-state index is 12.5. The molecule has 0 aliphatic heterocycles. The van der Waals surface area contributed by atoms with Gasteiger partial charge in [-0.05, 0) is 38.0 Å². The third-order valence-corrected chi connectivity index (χ3v) is 4.43. The van der Waals surface area contributed by atoms with Crippen molar-refractivity contribution in [2.45, 2.75) is 20.8 Å². The second-order valence-corrected chi connectivity index (χ2v) is 6.72. The van der Waals surface area contributed by atoms with E-state index in [-0.39, 0.29) is 11.3 Å². The Hall–Kier alpha value is -3.48. The Labute approximate surface area is 161 Å². The molecule has 0 saturated carbocycles. The van der Waals surface area contributed by atoms with Crippen molar-refractivity contribution >= 4 is 28.3 Å². The molecule has 0 bridgehead atoms. The number of nitrogens with zero attached hydrogens (tertiary/aromatic N) is 2. The first-order valence-corrected chi connectivity index (χ1v) is 8.79. The number of carbonyl (C=O) groups excluding carboxylic acids is 2. The molecule has 0 radical (unpaired) electrons. The van der Waals surface area contributed by atoms with Crippen LogP contribution in [0.4, 0.5) is 5.69 Å². The summed E-state index contributed by atoms with van der Waals surface area (Å²) in [7, 11) is 1.46. The molecule has 7 nitrogen and oxygen atoms in total. The van der Waals surface area contributed by atoms with E-state index in [0.717, 1.165) is 21.4 Å². The number of nitrogens with one attached hydrogen (secondary N) is 1. The number of amides is 1. The highest BCUT2D eigenvalue weighted by Gasteiger charge is 2.18. The number of ether oxygens (including phenoxy) is 1. The first-order valence-electron chi connectivity index (χ1n) is 8.79. The zero-order valence-corrected chi connectivity index (χ0v) is 16.2. The van der Waals surface area contributed by atoms with Gasteiger partial charge in [-0.15, -0.1) is 0 Å². The fraction of sp³-hybridized carbons (Fsp3) is 0.238. The summed E-state index contributed by atoms with van der Waals surface area (Å²) < 4.78 is 6.22. The lowest BCUT2D eigenvalue weighted by Crippen LogP contribution is -2.26. The van der Waals surface area contributed by atoms with Crippen molar-refractivity contribution in [3.8, 4) is 0 Å². The molecule has 0 fully saturated rings. The van der Waals surface area contributed by atoms with Gasteiger partial charge in [0.25, 0.3) is 11.5 Å². The van der Waals surface area contributed by atoms with Gasteiger partial charge in [0.1, 0.15) is 0 Å². The van der Waals surface area contributed by atoms with E-state index in [0.29, 0.717) is 16.5 Å². The van der Waals surface area contributed by atoms with Gasteiger partial charge in [-0.1, -0.05) is 35.9 Å². The second-order valence-electron chi connectivity index (χ2n) is 6.72. The zero-order chi connectivity index (χ0) is 20.4. The van der Waals surface area contributed by atoms with Gasteiger partial charge in [-0.3, -0.25) is 9.59 Å². The first-order chi connectivity index (χ1) is 13.3. The fourth-order valence-corrected chi connectivity index (χ4v) is 3.20. The summed E-state index contributed by atoms with van der Waals surface area (Å²) >= 11 is 0. The van der Waals surface area contributed by atoms with Crippen molar-refractivity contribution in [3.05, 3.63) is 69.1 Å². The Kier molecular flexibility index (Phi) is 5.26. The molecule has 7 heteroatoms. The van der Waals surface area contributed by atoms with Crippen molar-refractivity contribution in [2.24, 2.45) is 7.05 Å². The molecule has 3 aromatic rings. The molecule has 0 atom stereocenters. The highest BCUT2D eigenvalue weighted by molar-refractivity contribution is 6.03. The maximum Gasteiger partial charge on any atom is 0.359 e. The van der Waals surface area contributed by atoms with Gasteiger partial charge >= 0.3 is 5.97 Å². The van der Waals surface area contributed by atoms with Crippen LogP contribution in [-0.2, 0) is 16.6 Å². The molecule has 2 aromatic carbocycles. The minimum atomic E-state index is -0.765. The smallest absolute Gasteiger partial charge is 0.359 e. The van der Waals surface area contributed by atoms with Gasteiger partial charge in [0, 0.05) is 18.1 Å². The van der Waals surface area contributed by atoms with Gasteiger partial charge in [-0.25, -0.2) is 9.48 Å². The van der Waals surface area contributed by atoms with Crippen LogP contribution in [0.15, 0.2) is 41.2 Å². The van der Waals surface area contributed by atoms with Crippen molar-refractivity contribution in [2.75, 3.05) is 11.9 Å². The number of rotatable bonds is 4. The largest absolute Gasteiger partial charge is 0.451 e. The molecule has 28 heavy (non-hydrogen) atoms. The number of anilines is 1. The van der Waals surface area contributed by atoms with E-state index in [1.54, 1.807) is 24.3 Å². The lowest BCUT2D eigenvalue weighted by Gasteiger charge is -2.13. The molecular formula is C21H21N3O4. The van der Waals surface area contributed by atoms with Gasteiger partial charge in [0.15, 0.2) is 12.3 Å². The number of fused-ring (bicyclic) bond motifs is 1. The van der Waals surface area contributed by atoms with Crippen LogP contribution in [0.25, 0.3) is 10.8 Å². The van der Waals surface area contributed by atoms with Crippen molar-refractivity contribution < 1.29 is 14.3 Å². The first kappa shape index (κ1) is 19.3. The maximum atomic E-state index is 12.5. The molecule has 1 heterocycles. The summed E-state index contributed by atoms with van der Waals surface area (Å²) in [5.74, 6) is -1.21. The van der Waals surface area contributed by atoms with E-state index in [9.17, 15) is 14.4 Å². The van der Waals surface area contributed by atoms with Crippen LogP contribution < -0.4 is 10.9 Å². The predicted octanol–water partition coefficient (Wildman–Crippen LogP) is 2.65. The third kappa shape index (κ3) is 3.78. The van der Waals surface area contributed by atoms with Crippen molar-refractivity contribution in [3.63, 3.8) is 0 Å². The summed E-state index contributed by atoms with van der Waals surface area (Å²) in [5.41, 5.74) is 3.36. The van der Waals surface area contributed by atoms with Gasteiger partial charge in [0.05, 0.1) is 5.39 Å². The SMILES string of the molecule is Cc1cc(C)c(NC(=O)COC(=O)c2nn(C)c(=O)c3ccccc23)c(C)c1. The van der Waals surface area contributed by atoms with Gasteiger partial charge < -0.3 is 10.1 Å². The Morgan fingerprint density at radius 3 is 2.32 bits per heavy atom. The summed E-state index contributed by atoms with van der Waals surface area (Å²) in [6, 6.07) is 10.6. The standard InChI is InChI=1S/C21H21N3O4/c1-12-9-13(2)18(14(3)10-12)22-17(25)11-28-21(27)19-15-7-5-6-8-16(15)20(26)24(4)23-19/h5-10H,11H2,1-4H3,(H,22,25). The molecule has 0 aliphatic rings. The topological polar surface area (TPSA) is 90.3 Å². The molecule has 1 N–H and O–H groups in total. The highest BCUT2D eigenvalue weighted by atomic mass is 16.5. The van der Waals surface area contributed by atoms with E-state index in [1.165, 1.54) is 7.05 Å². The van der Waals surface area contributed by atoms with Crippen LogP contribution in [0.1, 0.15) is 27.2 Å². The lowest BCUT2D eigenvalue weighted by molar-refractivity contribution is -0.119. The zero-order valence-electron chi connectivity index (χ0n) is 16.2. The number of hydrogen-bond acceptors (Lipinski definition) is 5. The van der Waals surface area contributed by atoms with E-state index >= 15 is 0 Å². The summed E-state index contributed by atoms with van der Waals surface area (Å²) in [5, 5.41) is 7.53. The predicted molar refractivity (Wildman–Crippen MR) is 107 cm³/mol. The summed E-state index contributed by atoms with van der Waals surface area (Å²) in [4.78, 5) is 36.9.